The molecule has 0 aliphatic rings. The van der Waals surface area contributed by atoms with Crippen LogP contribution in [-0.2, 0) is 22.0 Å². The molecule has 104 valence electrons. The van der Waals surface area contributed by atoms with Gasteiger partial charge in [0.2, 0.25) is 5.89 Å². The van der Waals surface area contributed by atoms with Crippen molar-refractivity contribution in [3.05, 3.63) is 23.7 Å². The van der Waals surface area contributed by atoms with Crippen molar-refractivity contribution in [2.45, 2.75) is 38.3 Å². The zero-order valence-corrected chi connectivity index (χ0v) is 12.1. The average Bonchev–Trinajstić information content (AvgIpc) is 2.87. The number of halogens is 1. The lowest BCUT2D eigenvalue weighted by Gasteiger charge is -1.98. The van der Waals surface area contributed by atoms with Gasteiger partial charge in [0.25, 0.3) is 9.05 Å². The van der Waals surface area contributed by atoms with Gasteiger partial charge in [0.15, 0.2) is 10.9 Å². The van der Waals surface area contributed by atoms with Crippen LogP contribution in [0.4, 0.5) is 0 Å². The summed E-state index contributed by atoms with van der Waals surface area (Å²) in [6.45, 7) is 3.98. The van der Waals surface area contributed by atoms with Crippen molar-refractivity contribution >= 4 is 19.7 Å². The van der Waals surface area contributed by atoms with Crippen LogP contribution in [-0.4, -0.2) is 28.1 Å². The van der Waals surface area contributed by atoms with Crippen LogP contribution < -0.4 is 0 Å². The minimum absolute atomic E-state index is 0.177. The van der Waals surface area contributed by atoms with Gasteiger partial charge in [-0.25, -0.2) is 13.4 Å². The first-order valence-electron chi connectivity index (χ1n) is 5.70. The van der Waals surface area contributed by atoms with E-state index in [1.165, 1.54) is 6.20 Å². The molecule has 0 amide bonds. The van der Waals surface area contributed by atoms with Crippen LogP contribution in [0.15, 0.2) is 15.7 Å². The Balaban J connectivity index is 2.21. The molecule has 9 heteroatoms. The maximum Gasteiger partial charge on any atom is 0.280 e. The maximum atomic E-state index is 11.2. The summed E-state index contributed by atoms with van der Waals surface area (Å²) in [5.74, 6) is 1.56. The predicted molar refractivity (Wildman–Crippen MR) is 67.4 cm³/mol. The molecular weight excluding hydrogens is 292 g/mol. The van der Waals surface area contributed by atoms with Crippen molar-refractivity contribution in [2.75, 3.05) is 0 Å². The third-order valence-electron chi connectivity index (χ3n) is 2.49. The Labute approximate surface area is 115 Å². The van der Waals surface area contributed by atoms with Gasteiger partial charge < -0.3 is 9.09 Å². The Hall–Kier alpha value is -1.41. The second-order valence-corrected chi connectivity index (χ2v) is 6.56. The van der Waals surface area contributed by atoms with Crippen molar-refractivity contribution in [2.24, 2.45) is 0 Å². The van der Waals surface area contributed by atoms with Crippen molar-refractivity contribution in [3.63, 3.8) is 0 Å². The summed E-state index contributed by atoms with van der Waals surface area (Å²) in [6, 6.07) is 0. The van der Waals surface area contributed by atoms with Gasteiger partial charge in [0.05, 0.1) is 6.54 Å². The number of imidazole rings is 1. The molecule has 2 rings (SSSR count). The topological polar surface area (TPSA) is 90.9 Å². The van der Waals surface area contributed by atoms with E-state index in [1.54, 1.807) is 11.5 Å². The Morgan fingerprint density at radius 2 is 2.16 bits per heavy atom. The van der Waals surface area contributed by atoms with E-state index in [-0.39, 0.29) is 5.03 Å². The maximum absolute atomic E-state index is 11.2. The largest absolute Gasteiger partial charge is 0.339 e. The third kappa shape index (κ3) is 3.32. The summed E-state index contributed by atoms with van der Waals surface area (Å²) < 4.78 is 29.0. The van der Waals surface area contributed by atoms with E-state index in [1.807, 2.05) is 6.92 Å². The SMILES string of the molecule is CCCc1nc(Cn2cc(S(=O)(=O)Cl)nc2C)no1. The van der Waals surface area contributed by atoms with Crippen molar-refractivity contribution in [1.82, 2.24) is 19.7 Å². The molecule has 0 bridgehead atoms. The first kappa shape index (κ1) is 14.0. The summed E-state index contributed by atoms with van der Waals surface area (Å²) >= 11 is 0. The highest BCUT2D eigenvalue weighted by Crippen LogP contribution is 2.15. The summed E-state index contributed by atoms with van der Waals surface area (Å²) in [5, 5.41) is 3.65. The second-order valence-electron chi connectivity index (χ2n) is 4.05. The summed E-state index contributed by atoms with van der Waals surface area (Å²) in [7, 11) is 1.41. The average molecular weight is 305 g/mol. The lowest BCUT2D eigenvalue weighted by molar-refractivity contribution is 0.371. The van der Waals surface area contributed by atoms with Crippen molar-refractivity contribution in [1.29, 1.82) is 0 Å². The van der Waals surface area contributed by atoms with Gasteiger partial charge in [-0.2, -0.15) is 4.98 Å². The van der Waals surface area contributed by atoms with Crippen molar-refractivity contribution < 1.29 is 12.9 Å². The number of nitrogens with zero attached hydrogens (tertiary/aromatic N) is 4. The molecule has 0 aliphatic heterocycles. The van der Waals surface area contributed by atoms with Crippen LogP contribution in [0, 0.1) is 6.92 Å². The van der Waals surface area contributed by atoms with Crippen LogP contribution in [0.25, 0.3) is 0 Å². The zero-order valence-electron chi connectivity index (χ0n) is 10.5. The quantitative estimate of drug-likeness (QED) is 0.777. The zero-order chi connectivity index (χ0) is 14.0. The van der Waals surface area contributed by atoms with Crippen LogP contribution in [0.1, 0.15) is 30.9 Å². The highest BCUT2D eigenvalue weighted by Gasteiger charge is 2.17. The predicted octanol–water partition coefficient (Wildman–Crippen LogP) is 1.50. The van der Waals surface area contributed by atoms with Gasteiger partial charge in [-0.15, -0.1) is 0 Å². The molecule has 0 spiro atoms. The summed E-state index contributed by atoms with van der Waals surface area (Å²) in [6.07, 6.45) is 2.99. The molecule has 0 atom stereocenters. The van der Waals surface area contributed by atoms with Gasteiger partial charge >= 0.3 is 0 Å². The lowest BCUT2D eigenvalue weighted by atomic mass is 10.3. The molecule has 0 fully saturated rings. The smallest absolute Gasteiger partial charge is 0.280 e. The van der Waals surface area contributed by atoms with E-state index in [9.17, 15) is 8.42 Å². The fourth-order valence-electron chi connectivity index (χ4n) is 1.58. The van der Waals surface area contributed by atoms with Gasteiger partial charge in [0.1, 0.15) is 5.82 Å². The molecule has 0 radical (unpaired) electrons. The molecule has 0 aliphatic carbocycles. The Bertz CT molecular complexity index is 677. The van der Waals surface area contributed by atoms with E-state index in [2.05, 4.69) is 15.1 Å². The minimum Gasteiger partial charge on any atom is -0.339 e. The molecule has 0 aromatic carbocycles. The van der Waals surface area contributed by atoms with Crippen molar-refractivity contribution in [3.8, 4) is 0 Å². The van der Waals surface area contributed by atoms with Gasteiger partial charge in [0, 0.05) is 23.3 Å². The Kier molecular flexibility index (Phi) is 3.91. The third-order valence-corrected chi connectivity index (χ3v) is 3.66. The lowest BCUT2D eigenvalue weighted by Crippen LogP contribution is -2.02. The van der Waals surface area contributed by atoms with E-state index >= 15 is 0 Å². The number of hydrogen-bond donors (Lipinski definition) is 0. The van der Waals surface area contributed by atoms with E-state index < -0.39 is 9.05 Å². The van der Waals surface area contributed by atoms with Crippen LogP contribution in [0.5, 0.6) is 0 Å². The fraction of sp³-hybridized carbons (Fsp3) is 0.500. The summed E-state index contributed by atoms with van der Waals surface area (Å²) in [4.78, 5) is 8.08. The van der Waals surface area contributed by atoms with E-state index in [0.29, 0.717) is 24.1 Å². The van der Waals surface area contributed by atoms with Gasteiger partial charge in [-0.05, 0) is 13.3 Å². The first-order chi connectivity index (χ1) is 8.90. The molecule has 0 N–H and O–H groups in total. The van der Waals surface area contributed by atoms with Gasteiger partial charge in [-0.1, -0.05) is 12.1 Å². The number of aryl methyl sites for hydroxylation is 2. The standard InChI is InChI=1S/C10H13ClN4O3S/c1-3-4-9-13-8(14-18-9)5-15-6-10(12-7(15)2)19(11,16)17/h6H,3-5H2,1-2H3. The first-order valence-corrected chi connectivity index (χ1v) is 8.01. The molecule has 7 nitrogen and oxygen atoms in total. The highest BCUT2D eigenvalue weighted by molar-refractivity contribution is 8.13. The molecule has 2 aromatic heterocycles. The number of rotatable bonds is 5. The molecule has 0 saturated heterocycles. The molecule has 0 saturated carbocycles. The molecule has 2 heterocycles. The Morgan fingerprint density at radius 1 is 1.42 bits per heavy atom. The van der Waals surface area contributed by atoms with E-state index in [4.69, 9.17) is 15.2 Å². The van der Waals surface area contributed by atoms with E-state index in [0.717, 1.165) is 12.8 Å². The normalized spacial score (nSPS) is 11.9. The van der Waals surface area contributed by atoms with Crippen LogP contribution in [0.2, 0.25) is 0 Å². The van der Waals surface area contributed by atoms with Crippen LogP contribution in [0.3, 0.4) is 0 Å². The monoisotopic (exact) mass is 304 g/mol. The summed E-state index contributed by atoms with van der Waals surface area (Å²) in [5.41, 5.74) is 0. The number of hydrogen-bond acceptors (Lipinski definition) is 6. The van der Waals surface area contributed by atoms with Gasteiger partial charge in [-0.3, -0.25) is 0 Å². The molecule has 19 heavy (non-hydrogen) atoms. The highest BCUT2D eigenvalue weighted by atomic mass is 35.7. The molecule has 0 unspecified atom stereocenters. The fourth-order valence-corrected chi connectivity index (χ4v) is 2.30. The number of aromatic nitrogens is 4. The Morgan fingerprint density at radius 3 is 2.74 bits per heavy atom. The second kappa shape index (κ2) is 5.30. The van der Waals surface area contributed by atoms with Crippen LogP contribution >= 0.6 is 10.7 Å². The molecule has 2 aromatic rings. The minimum atomic E-state index is -3.82. The molecular formula is C10H13ClN4O3S.